The fourth-order valence-electron chi connectivity index (χ4n) is 2.78. The van der Waals surface area contributed by atoms with E-state index in [1.165, 1.54) is 16.9 Å². The van der Waals surface area contributed by atoms with E-state index in [1.54, 1.807) is 12.4 Å². The van der Waals surface area contributed by atoms with Crippen LogP contribution in [0.3, 0.4) is 0 Å². The molecule has 0 spiro atoms. The number of nitrogens with one attached hydrogen (secondary N) is 1. The molecule has 0 bridgehead atoms. The number of aromatic nitrogens is 4. The summed E-state index contributed by atoms with van der Waals surface area (Å²) in [5.41, 5.74) is 8.96. The Morgan fingerprint density at radius 1 is 1.19 bits per heavy atom. The van der Waals surface area contributed by atoms with E-state index in [9.17, 15) is 4.79 Å². The summed E-state index contributed by atoms with van der Waals surface area (Å²) in [6.07, 6.45) is 6.07. The topological polar surface area (TPSA) is 122 Å². The first kappa shape index (κ1) is 16.2. The predicted octanol–water partition coefficient (Wildman–Crippen LogP) is 2.50. The minimum atomic E-state index is -0.454. The van der Waals surface area contributed by atoms with Crippen LogP contribution < -0.4 is 11.1 Å². The van der Waals surface area contributed by atoms with Crippen molar-refractivity contribution in [3.63, 3.8) is 0 Å². The van der Waals surface area contributed by atoms with Gasteiger partial charge in [-0.3, -0.25) is 9.78 Å². The first-order valence-electron chi connectivity index (χ1n) is 8.02. The SMILES string of the molecule is N#Cc1cnc2c(C(=O)Nc3cnccc3-c3ccccc3)c(N)nn2c1. The lowest BCUT2D eigenvalue weighted by Crippen LogP contribution is -2.14. The Morgan fingerprint density at radius 2 is 2.00 bits per heavy atom. The van der Waals surface area contributed by atoms with Crippen molar-refractivity contribution in [3.8, 4) is 17.2 Å². The summed E-state index contributed by atoms with van der Waals surface area (Å²) < 4.78 is 1.32. The van der Waals surface area contributed by atoms with E-state index in [1.807, 2.05) is 42.5 Å². The largest absolute Gasteiger partial charge is 0.381 e. The van der Waals surface area contributed by atoms with Gasteiger partial charge in [-0.2, -0.15) is 5.26 Å². The zero-order chi connectivity index (χ0) is 18.8. The van der Waals surface area contributed by atoms with Gasteiger partial charge in [-0.25, -0.2) is 9.50 Å². The maximum Gasteiger partial charge on any atom is 0.263 e. The van der Waals surface area contributed by atoms with Crippen molar-refractivity contribution in [1.82, 2.24) is 19.6 Å². The van der Waals surface area contributed by atoms with Crippen molar-refractivity contribution in [1.29, 1.82) is 5.26 Å². The number of fused-ring (bicyclic) bond motifs is 1. The van der Waals surface area contributed by atoms with E-state index in [0.29, 0.717) is 11.3 Å². The van der Waals surface area contributed by atoms with Crippen molar-refractivity contribution >= 4 is 23.1 Å². The fourth-order valence-corrected chi connectivity index (χ4v) is 2.78. The molecule has 1 aromatic carbocycles. The van der Waals surface area contributed by atoms with Crippen LogP contribution in [-0.2, 0) is 0 Å². The van der Waals surface area contributed by atoms with Gasteiger partial charge in [-0.1, -0.05) is 30.3 Å². The maximum atomic E-state index is 12.9. The number of carbonyl (C=O) groups is 1. The number of nitriles is 1. The van der Waals surface area contributed by atoms with Crippen LogP contribution in [0.1, 0.15) is 15.9 Å². The van der Waals surface area contributed by atoms with E-state index in [-0.39, 0.29) is 17.0 Å². The van der Waals surface area contributed by atoms with Crippen LogP contribution in [0.2, 0.25) is 0 Å². The highest BCUT2D eigenvalue weighted by Crippen LogP contribution is 2.28. The van der Waals surface area contributed by atoms with Crippen LogP contribution in [0.5, 0.6) is 0 Å². The summed E-state index contributed by atoms with van der Waals surface area (Å²) in [5, 5.41) is 15.9. The molecule has 8 nitrogen and oxygen atoms in total. The quantitative estimate of drug-likeness (QED) is 0.582. The first-order valence-corrected chi connectivity index (χ1v) is 8.02. The lowest BCUT2D eigenvalue weighted by molar-refractivity contribution is 0.102. The Hall–Kier alpha value is -4.25. The van der Waals surface area contributed by atoms with Gasteiger partial charge in [0.15, 0.2) is 11.5 Å². The molecule has 0 saturated heterocycles. The number of benzene rings is 1. The summed E-state index contributed by atoms with van der Waals surface area (Å²) in [5.74, 6) is -0.426. The summed E-state index contributed by atoms with van der Waals surface area (Å²) >= 11 is 0. The molecule has 4 aromatic rings. The van der Waals surface area contributed by atoms with Crippen molar-refractivity contribution in [2.75, 3.05) is 11.1 Å². The standard InChI is InChI=1S/C19H13N7O/c20-8-12-9-23-18-16(17(21)25-26(18)11-12)19(27)24-15-10-22-7-6-14(15)13-4-2-1-3-5-13/h1-7,9-11H,(H2,21,25)(H,24,27). The molecule has 0 fully saturated rings. The molecule has 0 saturated carbocycles. The van der Waals surface area contributed by atoms with E-state index in [0.717, 1.165) is 11.1 Å². The summed E-state index contributed by atoms with van der Waals surface area (Å²) in [4.78, 5) is 21.1. The van der Waals surface area contributed by atoms with Crippen molar-refractivity contribution in [3.05, 3.63) is 72.3 Å². The second kappa shape index (κ2) is 6.57. The number of pyridine rings is 1. The highest BCUT2D eigenvalue weighted by Gasteiger charge is 2.20. The predicted molar refractivity (Wildman–Crippen MR) is 99.7 cm³/mol. The number of hydrogen-bond acceptors (Lipinski definition) is 6. The minimum absolute atomic E-state index is 0.0280. The molecule has 0 unspecified atom stereocenters. The summed E-state index contributed by atoms with van der Waals surface area (Å²) in [7, 11) is 0. The van der Waals surface area contributed by atoms with Crippen LogP contribution >= 0.6 is 0 Å². The number of nitrogen functional groups attached to an aromatic ring is 1. The zero-order valence-electron chi connectivity index (χ0n) is 14.0. The molecule has 0 atom stereocenters. The Balaban J connectivity index is 1.73. The number of nitrogens with zero attached hydrogens (tertiary/aromatic N) is 5. The molecular formula is C19H13N7O. The molecule has 4 rings (SSSR count). The van der Waals surface area contributed by atoms with Crippen LogP contribution in [0.15, 0.2) is 61.2 Å². The van der Waals surface area contributed by atoms with Gasteiger partial charge in [-0.05, 0) is 11.6 Å². The van der Waals surface area contributed by atoms with Crippen LogP contribution in [-0.4, -0.2) is 25.5 Å². The Morgan fingerprint density at radius 3 is 2.78 bits per heavy atom. The van der Waals surface area contributed by atoms with Gasteiger partial charge in [0.25, 0.3) is 5.91 Å². The molecule has 27 heavy (non-hydrogen) atoms. The van der Waals surface area contributed by atoms with Gasteiger partial charge in [0.2, 0.25) is 0 Å². The number of amides is 1. The molecule has 3 aromatic heterocycles. The summed E-state index contributed by atoms with van der Waals surface area (Å²) in [6.45, 7) is 0. The lowest BCUT2D eigenvalue weighted by Gasteiger charge is -2.10. The second-order valence-electron chi connectivity index (χ2n) is 5.72. The fraction of sp³-hybridized carbons (Fsp3) is 0. The number of rotatable bonds is 3. The lowest BCUT2D eigenvalue weighted by atomic mass is 10.1. The van der Waals surface area contributed by atoms with Crippen molar-refractivity contribution < 1.29 is 4.79 Å². The zero-order valence-corrected chi connectivity index (χ0v) is 14.0. The van der Waals surface area contributed by atoms with E-state index < -0.39 is 5.91 Å². The minimum Gasteiger partial charge on any atom is -0.381 e. The number of hydrogen-bond donors (Lipinski definition) is 2. The molecule has 3 N–H and O–H groups in total. The average Bonchev–Trinajstić information content (AvgIpc) is 3.03. The monoisotopic (exact) mass is 355 g/mol. The van der Waals surface area contributed by atoms with Crippen molar-refractivity contribution in [2.45, 2.75) is 0 Å². The third-order valence-electron chi connectivity index (χ3n) is 4.01. The average molecular weight is 355 g/mol. The Labute approximate surface area is 153 Å². The van der Waals surface area contributed by atoms with Crippen molar-refractivity contribution in [2.24, 2.45) is 0 Å². The third-order valence-corrected chi connectivity index (χ3v) is 4.01. The number of anilines is 2. The van der Waals surface area contributed by atoms with Gasteiger partial charge in [-0.15, -0.1) is 5.10 Å². The summed E-state index contributed by atoms with van der Waals surface area (Å²) in [6, 6.07) is 13.4. The van der Waals surface area contributed by atoms with Gasteiger partial charge in [0.1, 0.15) is 11.6 Å². The van der Waals surface area contributed by atoms with Crippen LogP contribution in [0.25, 0.3) is 16.8 Å². The molecule has 3 heterocycles. The van der Waals surface area contributed by atoms with E-state index in [4.69, 9.17) is 11.0 Å². The first-order chi connectivity index (χ1) is 13.2. The molecule has 0 aliphatic carbocycles. The highest BCUT2D eigenvalue weighted by molar-refractivity contribution is 6.12. The molecule has 0 radical (unpaired) electrons. The number of carbonyl (C=O) groups excluding carboxylic acids is 1. The van der Waals surface area contributed by atoms with Gasteiger partial charge in [0, 0.05) is 18.0 Å². The smallest absolute Gasteiger partial charge is 0.263 e. The van der Waals surface area contributed by atoms with E-state index >= 15 is 0 Å². The van der Waals surface area contributed by atoms with Gasteiger partial charge < -0.3 is 11.1 Å². The number of nitrogens with two attached hydrogens (primary N) is 1. The van der Waals surface area contributed by atoms with Gasteiger partial charge in [0.05, 0.1) is 23.6 Å². The third kappa shape index (κ3) is 2.94. The molecule has 0 aliphatic rings. The van der Waals surface area contributed by atoms with E-state index in [2.05, 4.69) is 20.4 Å². The van der Waals surface area contributed by atoms with Crippen LogP contribution in [0.4, 0.5) is 11.5 Å². The van der Waals surface area contributed by atoms with Crippen LogP contribution in [0, 0.1) is 11.3 Å². The molecule has 1 amide bonds. The molecule has 8 heteroatoms. The van der Waals surface area contributed by atoms with Gasteiger partial charge >= 0.3 is 0 Å². The molecular weight excluding hydrogens is 342 g/mol. The normalized spacial score (nSPS) is 10.5. The maximum absolute atomic E-state index is 12.9. The Kier molecular flexibility index (Phi) is 3.95. The molecule has 130 valence electrons. The second-order valence-corrected chi connectivity index (χ2v) is 5.72. The molecule has 0 aliphatic heterocycles. The Bertz CT molecular complexity index is 1190. The highest BCUT2D eigenvalue weighted by atomic mass is 16.1.